The zero-order valence-electron chi connectivity index (χ0n) is 7.98. The molecule has 0 saturated heterocycles. The quantitative estimate of drug-likeness (QED) is 0.729. The molecule has 3 rings (SSSR count). The summed E-state index contributed by atoms with van der Waals surface area (Å²) in [6.07, 6.45) is 6.02. The molecule has 0 aliphatic heterocycles. The van der Waals surface area contributed by atoms with Crippen LogP contribution in [-0.2, 0) is 0 Å². The van der Waals surface area contributed by atoms with Crippen molar-refractivity contribution in [2.45, 2.75) is 25.3 Å². The third-order valence-corrected chi connectivity index (χ3v) is 3.17. The van der Waals surface area contributed by atoms with Crippen LogP contribution in [0.5, 0.6) is 5.75 Å². The number of fused-ring (bicyclic) bond motifs is 1. The molecule has 0 radical (unpaired) electrons. The van der Waals surface area contributed by atoms with Gasteiger partial charge in [-0.3, -0.25) is 0 Å². The molecule has 1 N–H and O–H groups in total. The topological polar surface area (TPSA) is 25.2 Å². The second-order valence-electron chi connectivity index (χ2n) is 4.05. The molecule has 1 aliphatic rings. The van der Waals surface area contributed by atoms with Crippen molar-refractivity contribution < 1.29 is 5.11 Å². The van der Waals surface area contributed by atoms with Gasteiger partial charge in [0.25, 0.3) is 0 Å². The van der Waals surface area contributed by atoms with Crippen LogP contribution in [0.15, 0.2) is 30.5 Å². The van der Waals surface area contributed by atoms with Crippen LogP contribution < -0.4 is 0 Å². The molecule has 0 unspecified atom stereocenters. The maximum Gasteiger partial charge on any atom is 0.117 e. The minimum atomic E-state index is 0.358. The predicted molar refractivity (Wildman–Crippen MR) is 56.5 cm³/mol. The van der Waals surface area contributed by atoms with E-state index in [1.165, 1.54) is 24.6 Å². The van der Waals surface area contributed by atoms with Crippen LogP contribution in [0.25, 0.3) is 10.9 Å². The number of aromatic nitrogens is 1. The largest absolute Gasteiger partial charge is 0.508 e. The molecule has 1 aromatic heterocycles. The Morgan fingerprint density at radius 3 is 2.79 bits per heavy atom. The summed E-state index contributed by atoms with van der Waals surface area (Å²) >= 11 is 0. The lowest BCUT2D eigenvalue weighted by Crippen LogP contribution is -2.15. The molecular formula is C12H13NO. The maximum absolute atomic E-state index is 9.43. The molecule has 1 aromatic carbocycles. The van der Waals surface area contributed by atoms with Crippen LogP contribution in [0.1, 0.15) is 25.3 Å². The molecule has 2 nitrogen and oxygen atoms in total. The highest BCUT2D eigenvalue weighted by Gasteiger charge is 2.20. The van der Waals surface area contributed by atoms with Gasteiger partial charge in [-0.1, -0.05) is 0 Å². The number of aromatic hydroxyl groups is 1. The highest BCUT2D eigenvalue weighted by molar-refractivity contribution is 5.81. The van der Waals surface area contributed by atoms with Crippen molar-refractivity contribution in [3.05, 3.63) is 30.5 Å². The molecule has 1 saturated carbocycles. The molecular weight excluding hydrogens is 174 g/mol. The highest BCUT2D eigenvalue weighted by Crippen LogP contribution is 2.35. The van der Waals surface area contributed by atoms with Gasteiger partial charge < -0.3 is 9.67 Å². The van der Waals surface area contributed by atoms with Crippen LogP contribution in [0.2, 0.25) is 0 Å². The Kier molecular flexibility index (Phi) is 1.57. The third-order valence-electron chi connectivity index (χ3n) is 3.17. The van der Waals surface area contributed by atoms with E-state index in [2.05, 4.69) is 16.8 Å². The minimum absolute atomic E-state index is 0.358. The summed E-state index contributed by atoms with van der Waals surface area (Å²) in [5.74, 6) is 0.358. The number of phenols is 1. The fraction of sp³-hybridized carbons (Fsp3) is 0.333. The molecule has 72 valence electrons. The second-order valence-corrected chi connectivity index (χ2v) is 4.05. The van der Waals surface area contributed by atoms with Crippen LogP contribution in [-0.4, -0.2) is 9.67 Å². The highest BCUT2D eigenvalue weighted by atomic mass is 16.3. The van der Waals surface area contributed by atoms with Crippen LogP contribution in [0.4, 0.5) is 0 Å². The summed E-state index contributed by atoms with van der Waals surface area (Å²) in [5.41, 5.74) is 1.16. The fourth-order valence-electron chi connectivity index (χ4n) is 2.12. The number of benzene rings is 1. The Morgan fingerprint density at radius 2 is 2.07 bits per heavy atom. The first-order valence-electron chi connectivity index (χ1n) is 5.14. The average molecular weight is 187 g/mol. The van der Waals surface area contributed by atoms with Crippen molar-refractivity contribution in [1.29, 1.82) is 0 Å². The van der Waals surface area contributed by atoms with Gasteiger partial charge >= 0.3 is 0 Å². The van der Waals surface area contributed by atoms with Gasteiger partial charge in [0.1, 0.15) is 5.75 Å². The van der Waals surface area contributed by atoms with Crippen molar-refractivity contribution >= 4 is 10.9 Å². The van der Waals surface area contributed by atoms with Crippen LogP contribution >= 0.6 is 0 Å². The third kappa shape index (κ3) is 1.03. The smallest absolute Gasteiger partial charge is 0.117 e. The lowest BCUT2D eigenvalue weighted by Gasteiger charge is -2.28. The van der Waals surface area contributed by atoms with E-state index in [0.717, 1.165) is 5.52 Å². The molecule has 0 spiro atoms. The first-order chi connectivity index (χ1) is 6.84. The van der Waals surface area contributed by atoms with Gasteiger partial charge in [0.15, 0.2) is 0 Å². The Labute approximate surface area is 82.8 Å². The van der Waals surface area contributed by atoms with Crippen molar-refractivity contribution in [1.82, 2.24) is 4.57 Å². The molecule has 0 bridgehead atoms. The van der Waals surface area contributed by atoms with Crippen molar-refractivity contribution in [3.8, 4) is 5.75 Å². The van der Waals surface area contributed by atoms with Gasteiger partial charge in [-0.25, -0.2) is 0 Å². The van der Waals surface area contributed by atoms with Gasteiger partial charge in [-0.15, -0.1) is 0 Å². The fourth-order valence-corrected chi connectivity index (χ4v) is 2.12. The Bertz CT molecular complexity index is 468. The monoisotopic (exact) mass is 187 g/mol. The van der Waals surface area contributed by atoms with Gasteiger partial charge in [0.05, 0.1) is 5.52 Å². The number of hydrogen-bond donors (Lipinski definition) is 1. The molecule has 14 heavy (non-hydrogen) atoms. The number of nitrogens with zero attached hydrogens (tertiary/aromatic N) is 1. The van der Waals surface area contributed by atoms with E-state index in [4.69, 9.17) is 0 Å². The van der Waals surface area contributed by atoms with Gasteiger partial charge in [0, 0.05) is 18.3 Å². The van der Waals surface area contributed by atoms with Crippen molar-refractivity contribution in [3.63, 3.8) is 0 Å². The Balaban J connectivity index is 2.18. The van der Waals surface area contributed by atoms with E-state index in [0.29, 0.717) is 11.8 Å². The summed E-state index contributed by atoms with van der Waals surface area (Å²) in [4.78, 5) is 0. The molecule has 2 aromatic rings. The van der Waals surface area contributed by atoms with Crippen LogP contribution in [0, 0.1) is 0 Å². The zero-order chi connectivity index (χ0) is 9.54. The molecule has 0 atom stereocenters. The van der Waals surface area contributed by atoms with E-state index in [1.54, 1.807) is 6.07 Å². The number of rotatable bonds is 1. The van der Waals surface area contributed by atoms with Crippen molar-refractivity contribution in [2.75, 3.05) is 0 Å². The SMILES string of the molecule is Oc1ccc2ccn(C3CCC3)c2c1. The Hall–Kier alpha value is -1.44. The summed E-state index contributed by atoms with van der Waals surface area (Å²) in [6.45, 7) is 0. The summed E-state index contributed by atoms with van der Waals surface area (Å²) < 4.78 is 2.29. The molecule has 1 heterocycles. The standard InChI is InChI=1S/C12H13NO/c14-11-5-4-9-6-7-13(12(9)8-11)10-2-1-3-10/h4-8,10,14H,1-3H2. The van der Waals surface area contributed by atoms with E-state index in [9.17, 15) is 5.11 Å². The molecule has 2 heteroatoms. The Morgan fingerprint density at radius 1 is 1.21 bits per heavy atom. The average Bonchev–Trinajstić information content (AvgIpc) is 2.46. The first kappa shape index (κ1) is 7.92. The first-order valence-corrected chi connectivity index (χ1v) is 5.14. The normalized spacial score (nSPS) is 17.1. The zero-order valence-corrected chi connectivity index (χ0v) is 7.98. The lowest BCUT2D eigenvalue weighted by molar-refractivity contribution is 0.321. The summed E-state index contributed by atoms with van der Waals surface area (Å²) in [5, 5.41) is 10.6. The van der Waals surface area contributed by atoms with Gasteiger partial charge in [-0.2, -0.15) is 0 Å². The van der Waals surface area contributed by atoms with E-state index < -0.39 is 0 Å². The summed E-state index contributed by atoms with van der Waals surface area (Å²) in [6, 6.07) is 8.35. The van der Waals surface area contributed by atoms with E-state index >= 15 is 0 Å². The second kappa shape index (κ2) is 2.77. The maximum atomic E-state index is 9.43. The number of hydrogen-bond acceptors (Lipinski definition) is 1. The number of phenolic OH excluding ortho intramolecular Hbond substituents is 1. The molecule has 1 aliphatic carbocycles. The summed E-state index contributed by atoms with van der Waals surface area (Å²) in [7, 11) is 0. The molecule has 0 amide bonds. The van der Waals surface area contributed by atoms with Gasteiger partial charge in [0.2, 0.25) is 0 Å². The van der Waals surface area contributed by atoms with Crippen molar-refractivity contribution in [2.24, 2.45) is 0 Å². The van der Waals surface area contributed by atoms with Gasteiger partial charge in [-0.05, 0) is 42.8 Å². The molecule has 1 fully saturated rings. The lowest BCUT2D eigenvalue weighted by atomic mass is 9.93. The van der Waals surface area contributed by atoms with E-state index in [1.807, 2.05) is 12.1 Å². The van der Waals surface area contributed by atoms with Crippen LogP contribution in [0.3, 0.4) is 0 Å². The predicted octanol–water partition coefficient (Wildman–Crippen LogP) is 3.07. The van der Waals surface area contributed by atoms with E-state index in [-0.39, 0.29) is 0 Å². The minimum Gasteiger partial charge on any atom is -0.508 e.